The summed E-state index contributed by atoms with van der Waals surface area (Å²) in [5, 5.41) is 14.7. The molecule has 0 aromatic heterocycles. The van der Waals surface area contributed by atoms with Crippen LogP contribution in [0.5, 0.6) is 0 Å². The average Bonchev–Trinajstić information content (AvgIpc) is 2.39. The second kappa shape index (κ2) is 8.89. The summed E-state index contributed by atoms with van der Waals surface area (Å²) >= 11 is 0. The quantitative estimate of drug-likeness (QED) is 0.671. The van der Waals surface area contributed by atoms with Crippen LogP contribution in [-0.4, -0.2) is 49.1 Å². The Morgan fingerprint density at radius 3 is 2.89 bits per heavy atom. The zero-order chi connectivity index (χ0) is 14.1. The monoisotopic (exact) mass is 266 g/mol. The van der Waals surface area contributed by atoms with Crippen LogP contribution in [0.4, 0.5) is 0 Å². The number of hydrogen-bond donors (Lipinski definition) is 2. The molecule has 0 bridgehead atoms. The zero-order valence-electron chi connectivity index (χ0n) is 12.1. The fourth-order valence-corrected chi connectivity index (χ4v) is 2.32. The van der Waals surface area contributed by atoms with Crippen molar-refractivity contribution in [3.63, 3.8) is 0 Å². The minimum absolute atomic E-state index is 0.0137. The van der Waals surface area contributed by atoms with Crippen molar-refractivity contribution in [1.29, 1.82) is 5.26 Å². The second-order valence-electron chi connectivity index (χ2n) is 5.43. The maximum atomic E-state index is 11.8. The molecule has 1 rings (SSSR count). The fraction of sp³-hybridized carbons (Fsp3) is 0.857. The number of nitriles is 1. The first-order chi connectivity index (χ1) is 9.13. The molecule has 108 valence electrons. The molecule has 0 saturated carbocycles. The molecule has 0 spiro atoms. The van der Waals surface area contributed by atoms with E-state index in [1.54, 1.807) is 0 Å². The molecule has 1 aliphatic rings. The van der Waals surface area contributed by atoms with Gasteiger partial charge in [-0.2, -0.15) is 5.26 Å². The Morgan fingerprint density at radius 2 is 2.32 bits per heavy atom. The van der Waals surface area contributed by atoms with Gasteiger partial charge in [-0.25, -0.2) is 0 Å². The Labute approximate surface area is 116 Å². The van der Waals surface area contributed by atoms with Gasteiger partial charge in [0.05, 0.1) is 19.0 Å². The molecule has 1 saturated heterocycles. The highest BCUT2D eigenvalue weighted by atomic mass is 16.2. The van der Waals surface area contributed by atoms with Crippen LogP contribution in [0, 0.1) is 11.3 Å². The number of nitrogens with one attached hydrogen (secondary N) is 2. The number of nitrogens with zero attached hydrogens (tertiary/aromatic N) is 2. The van der Waals surface area contributed by atoms with E-state index in [0.29, 0.717) is 31.6 Å². The first-order valence-corrected chi connectivity index (χ1v) is 7.24. The van der Waals surface area contributed by atoms with Crippen LogP contribution in [0.3, 0.4) is 0 Å². The number of hydrogen-bond acceptors (Lipinski definition) is 4. The molecule has 1 fully saturated rings. The Hall–Kier alpha value is -1.12. The average molecular weight is 266 g/mol. The van der Waals surface area contributed by atoms with Crippen LogP contribution >= 0.6 is 0 Å². The summed E-state index contributed by atoms with van der Waals surface area (Å²) in [7, 11) is 0. The maximum Gasteiger partial charge on any atom is 0.234 e. The topological polar surface area (TPSA) is 68.2 Å². The van der Waals surface area contributed by atoms with Crippen LogP contribution in [-0.2, 0) is 4.79 Å². The van der Waals surface area contributed by atoms with Gasteiger partial charge in [0.25, 0.3) is 0 Å². The van der Waals surface area contributed by atoms with Crippen LogP contribution in [0.1, 0.15) is 39.5 Å². The molecule has 0 aliphatic carbocycles. The van der Waals surface area contributed by atoms with Gasteiger partial charge in [0.15, 0.2) is 0 Å². The van der Waals surface area contributed by atoms with Gasteiger partial charge in [-0.15, -0.1) is 0 Å². The summed E-state index contributed by atoms with van der Waals surface area (Å²) in [5.41, 5.74) is 0. The lowest BCUT2D eigenvalue weighted by atomic mass is 10.0. The normalized spacial score (nSPS) is 19.4. The molecule has 19 heavy (non-hydrogen) atoms. The lowest BCUT2D eigenvalue weighted by Gasteiger charge is -2.32. The third-order valence-corrected chi connectivity index (χ3v) is 3.50. The SMILES string of the molecule is CC(C)N(CC(=O)NCCC#N)CC1CCCCN1. The third kappa shape index (κ3) is 6.55. The molecule has 1 unspecified atom stereocenters. The van der Waals surface area contributed by atoms with E-state index in [2.05, 4.69) is 29.4 Å². The lowest BCUT2D eigenvalue weighted by molar-refractivity contribution is -0.122. The Kier molecular flexibility index (Phi) is 7.46. The van der Waals surface area contributed by atoms with E-state index in [1.165, 1.54) is 19.3 Å². The van der Waals surface area contributed by atoms with Gasteiger partial charge in [0, 0.05) is 25.2 Å². The minimum Gasteiger partial charge on any atom is -0.354 e. The third-order valence-electron chi connectivity index (χ3n) is 3.50. The van der Waals surface area contributed by atoms with E-state index in [4.69, 9.17) is 5.26 Å². The first kappa shape index (κ1) is 15.9. The van der Waals surface area contributed by atoms with Gasteiger partial charge in [-0.3, -0.25) is 9.69 Å². The molecule has 0 radical (unpaired) electrons. The summed E-state index contributed by atoms with van der Waals surface area (Å²) in [4.78, 5) is 14.0. The van der Waals surface area contributed by atoms with Crippen LogP contribution in [0.2, 0.25) is 0 Å². The van der Waals surface area contributed by atoms with Crippen molar-refractivity contribution in [2.45, 2.75) is 51.6 Å². The van der Waals surface area contributed by atoms with Crippen LogP contribution < -0.4 is 10.6 Å². The molecule has 1 amide bonds. The van der Waals surface area contributed by atoms with Gasteiger partial charge in [-0.1, -0.05) is 6.42 Å². The molecule has 0 aromatic carbocycles. The highest BCUT2D eigenvalue weighted by molar-refractivity contribution is 5.78. The summed E-state index contributed by atoms with van der Waals surface area (Å²) in [6.07, 6.45) is 4.10. The van der Waals surface area contributed by atoms with Crippen molar-refractivity contribution in [3.8, 4) is 6.07 Å². The molecule has 5 heteroatoms. The van der Waals surface area contributed by atoms with E-state index in [1.807, 2.05) is 6.07 Å². The van der Waals surface area contributed by atoms with Gasteiger partial charge < -0.3 is 10.6 Å². The van der Waals surface area contributed by atoms with E-state index in [-0.39, 0.29) is 5.91 Å². The largest absolute Gasteiger partial charge is 0.354 e. The van der Waals surface area contributed by atoms with Gasteiger partial charge in [0.2, 0.25) is 5.91 Å². The molecule has 5 nitrogen and oxygen atoms in total. The molecule has 2 N–H and O–H groups in total. The molecule has 1 atom stereocenters. The smallest absolute Gasteiger partial charge is 0.234 e. The van der Waals surface area contributed by atoms with Gasteiger partial charge >= 0.3 is 0 Å². The van der Waals surface area contributed by atoms with Crippen molar-refractivity contribution in [1.82, 2.24) is 15.5 Å². The molecular weight excluding hydrogens is 240 g/mol. The summed E-state index contributed by atoms with van der Waals surface area (Å²) in [5.74, 6) is 0.0137. The van der Waals surface area contributed by atoms with E-state index in [9.17, 15) is 4.79 Å². The Bertz CT molecular complexity index is 305. The summed E-state index contributed by atoms with van der Waals surface area (Å²) in [6, 6.07) is 2.88. The predicted octanol–water partition coefficient (Wildman–Crippen LogP) is 0.869. The molecule has 1 heterocycles. The predicted molar refractivity (Wildman–Crippen MR) is 75.6 cm³/mol. The summed E-state index contributed by atoms with van der Waals surface area (Å²) in [6.45, 7) is 7.11. The van der Waals surface area contributed by atoms with Crippen LogP contribution in [0.15, 0.2) is 0 Å². The lowest BCUT2D eigenvalue weighted by Crippen LogP contribution is -2.49. The van der Waals surface area contributed by atoms with Crippen molar-refractivity contribution >= 4 is 5.91 Å². The van der Waals surface area contributed by atoms with Crippen molar-refractivity contribution in [2.75, 3.05) is 26.2 Å². The van der Waals surface area contributed by atoms with Crippen molar-refractivity contribution < 1.29 is 4.79 Å². The number of rotatable bonds is 7. The standard InChI is InChI=1S/C14H26N4O/c1-12(2)18(10-13-6-3-4-8-16-13)11-14(19)17-9-5-7-15/h12-13,16H,3-6,8-11H2,1-2H3,(H,17,19). The second-order valence-corrected chi connectivity index (χ2v) is 5.43. The van der Waals surface area contributed by atoms with E-state index >= 15 is 0 Å². The van der Waals surface area contributed by atoms with Crippen LogP contribution in [0.25, 0.3) is 0 Å². The van der Waals surface area contributed by atoms with Gasteiger partial charge in [-0.05, 0) is 33.2 Å². The van der Waals surface area contributed by atoms with E-state index < -0.39 is 0 Å². The fourth-order valence-electron chi connectivity index (χ4n) is 2.32. The minimum atomic E-state index is 0.0137. The number of carbonyl (C=O) groups excluding carboxylic acids is 1. The highest BCUT2D eigenvalue weighted by Gasteiger charge is 2.20. The van der Waals surface area contributed by atoms with E-state index in [0.717, 1.165) is 13.1 Å². The zero-order valence-corrected chi connectivity index (χ0v) is 12.1. The first-order valence-electron chi connectivity index (χ1n) is 7.24. The number of piperidine rings is 1. The molecule has 1 aliphatic heterocycles. The Balaban J connectivity index is 2.34. The van der Waals surface area contributed by atoms with Crippen molar-refractivity contribution in [2.24, 2.45) is 0 Å². The van der Waals surface area contributed by atoms with Crippen molar-refractivity contribution in [3.05, 3.63) is 0 Å². The summed E-state index contributed by atoms with van der Waals surface area (Å²) < 4.78 is 0. The molecular formula is C14H26N4O. The number of amides is 1. The van der Waals surface area contributed by atoms with Gasteiger partial charge in [0.1, 0.15) is 0 Å². The maximum absolute atomic E-state index is 11.8. The number of carbonyl (C=O) groups is 1. The highest BCUT2D eigenvalue weighted by Crippen LogP contribution is 2.10. The molecule has 0 aromatic rings. The Morgan fingerprint density at radius 1 is 1.53 bits per heavy atom.